The lowest BCUT2D eigenvalue weighted by molar-refractivity contribution is -0.145. The molecule has 100 valence electrons. The lowest BCUT2D eigenvalue weighted by atomic mass is 9.92. The van der Waals surface area contributed by atoms with Crippen molar-refractivity contribution in [3.8, 4) is 0 Å². The number of rotatable bonds is 4. The molecule has 1 aliphatic rings. The zero-order valence-electron chi connectivity index (χ0n) is 11.0. The summed E-state index contributed by atoms with van der Waals surface area (Å²) in [7, 11) is 0. The molecule has 18 heavy (non-hydrogen) atoms. The molecule has 2 heterocycles. The molecule has 0 bridgehead atoms. The third-order valence-electron chi connectivity index (χ3n) is 3.75. The molecule has 1 saturated heterocycles. The summed E-state index contributed by atoms with van der Waals surface area (Å²) in [5.41, 5.74) is 0. The fraction of sp³-hybridized carbons (Fsp3) is 0.692. The number of likely N-dealkylation sites (tertiary alicyclic amines) is 1. The van der Waals surface area contributed by atoms with Crippen molar-refractivity contribution >= 4 is 5.97 Å². The second-order valence-corrected chi connectivity index (χ2v) is 5.08. The quantitative estimate of drug-likeness (QED) is 0.883. The first-order chi connectivity index (χ1) is 8.61. The van der Waals surface area contributed by atoms with Crippen molar-refractivity contribution < 1.29 is 9.90 Å². The van der Waals surface area contributed by atoms with Gasteiger partial charge in [0.05, 0.1) is 6.54 Å². The van der Waals surface area contributed by atoms with Crippen LogP contribution in [0.15, 0.2) is 12.4 Å². The predicted molar refractivity (Wildman–Crippen MR) is 68.1 cm³/mol. The normalized spacial score (nSPS) is 25.2. The Balaban J connectivity index is 2.09. The highest BCUT2D eigenvalue weighted by Crippen LogP contribution is 2.24. The van der Waals surface area contributed by atoms with Crippen molar-refractivity contribution in [3.05, 3.63) is 18.2 Å². The fourth-order valence-electron chi connectivity index (χ4n) is 2.60. The van der Waals surface area contributed by atoms with Crippen LogP contribution in [0.25, 0.3) is 0 Å². The van der Waals surface area contributed by atoms with E-state index in [9.17, 15) is 9.90 Å². The smallest absolute Gasteiger partial charge is 0.320 e. The van der Waals surface area contributed by atoms with E-state index in [0.29, 0.717) is 12.5 Å². The first-order valence-electron chi connectivity index (χ1n) is 6.58. The Kier molecular flexibility index (Phi) is 4.01. The SMILES string of the molecule is CCn1ccnc1CN1CCC(C)CC1C(=O)O. The van der Waals surface area contributed by atoms with Crippen LogP contribution in [0.2, 0.25) is 0 Å². The molecule has 2 rings (SSSR count). The van der Waals surface area contributed by atoms with Gasteiger partial charge in [-0.05, 0) is 32.2 Å². The van der Waals surface area contributed by atoms with Crippen molar-refractivity contribution in [2.24, 2.45) is 5.92 Å². The number of hydrogen-bond acceptors (Lipinski definition) is 3. The molecule has 5 nitrogen and oxygen atoms in total. The number of carboxylic acids is 1. The standard InChI is InChI=1S/C13H21N3O2/c1-3-15-7-5-14-12(15)9-16-6-4-10(2)8-11(16)13(17)18/h5,7,10-11H,3-4,6,8-9H2,1-2H3,(H,17,18). The van der Waals surface area contributed by atoms with Crippen molar-refractivity contribution in [2.45, 2.75) is 45.8 Å². The molecule has 1 N–H and O–H groups in total. The van der Waals surface area contributed by atoms with Crippen LogP contribution in [-0.2, 0) is 17.9 Å². The van der Waals surface area contributed by atoms with E-state index < -0.39 is 5.97 Å². The number of carbonyl (C=O) groups is 1. The Bertz CT molecular complexity index is 416. The summed E-state index contributed by atoms with van der Waals surface area (Å²) < 4.78 is 2.07. The maximum atomic E-state index is 11.3. The maximum absolute atomic E-state index is 11.3. The second-order valence-electron chi connectivity index (χ2n) is 5.08. The molecule has 0 aliphatic carbocycles. The average molecular weight is 251 g/mol. The van der Waals surface area contributed by atoms with Gasteiger partial charge in [-0.25, -0.2) is 4.98 Å². The molecule has 1 aromatic rings. The molecule has 0 spiro atoms. The number of aryl methyl sites for hydroxylation is 1. The van der Waals surface area contributed by atoms with E-state index in [4.69, 9.17) is 0 Å². The number of aromatic nitrogens is 2. The molecular formula is C13H21N3O2. The summed E-state index contributed by atoms with van der Waals surface area (Å²) in [4.78, 5) is 17.7. The number of aliphatic carboxylic acids is 1. The minimum Gasteiger partial charge on any atom is -0.480 e. The Hall–Kier alpha value is -1.36. The van der Waals surface area contributed by atoms with Crippen LogP contribution in [0.4, 0.5) is 0 Å². The van der Waals surface area contributed by atoms with Gasteiger partial charge in [0.1, 0.15) is 11.9 Å². The van der Waals surface area contributed by atoms with Crippen LogP contribution in [0.5, 0.6) is 0 Å². The Labute approximate surface area is 107 Å². The van der Waals surface area contributed by atoms with Gasteiger partial charge in [-0.2, -0.15) is 0 Å². The topological polar surface area (TPSA) is 58.4 Å². The summed E-state index contributed by atoms with van der Waals surface area (Å²) in [5.74, 6) is 0.739. The largest absolute Gasteiger partial charge is 0.480 e. The molecule has 1 fully saturated rings. The van der Waals surface area contributed by atoms with Crippen molar-refractivity contribution in [3.63, 3.8) is 0 Å². The highest BCUT2D eigenvalue weighted by molar-refractivity contribution is 5.73. The maximum Gasteiger partial charge on any atom is 0.320 e. The summed E-state index contributed by atoms with van der Waals surface area (Å²) in [5, 5.41) is 9.31. The molecule has 0 saturated carbocycles. The van der Waals surface area contributed by atoms with Crippen LogP contribution in [0, 0.1) is 5.92 Å². The van der Waals surface area contributed by atoms with E-state index in [2.05, 4.69) is 23.4 Å². The Morgan fingerprint density at radius 2 is 2.39 bits per heavy atom. The van der Waals surface area contributed by atoms with Crippen LogP contribution >= 0.6 is 0 Å². The number of piperidine rings is 1. The summed E-state index contributed by atoms with van der Waals surface area (Å²) >= 11 is 0. The molecule has 0 radical (unpaired) electrons. The van der Waals surface area contributed by atoms with Gasteiger partial charge >= 0.3 is 5.97 Å². The molecule has 0 aromatic carbocycles. The molecule has 1 aromatic heterocycles. The van der Waals surface area contributed by atoms with E-state index in [1.165, 1.54) is 0 Å². The van der Waals surface area contributed by atoms with Gasteiger partial charge in [0.15, 0.2) is 0 Å². The zero-order chi connectivity index (χ0) is 13.1. The molecule has 0 amide bonds. The van der Waals surface area contributed by atoms with Gasteiger partial charge in [0, 0.05) is 18.9 Å². The first kappa shape index (κ1) is 13.1. The van der Waals surface area contributed by atoms with Crippen LogP contribution in [0.3, 0.4) is 0 Å². The summed E-state index contributed by atoms with van der Waals surface area (Å²) in [6, 6.07) is -0.365. The van der Waals surface area contributed by atoms with Crippen molar-refractivity contribution in [2.75, 3.05) is 6.54 Å². The molecule has 1 aliphatic heterocycles. The molecule has 2 unspecified atom stereocenters. The Morgan fingerprint density at radius 3 is 3.06 bits per heavy atom. The first-order valence-corrected chi connectivity index (χ1v) is 6.58. The highest BCUT2D eigenvalue weighted by atomic mass is 16.4. The minimum absolute atomic E-state index is 0.365. The van der Waals surface area contributed by atoms with Crippen LogP contribution < -0.4 is 0 Å². The molecular weight excluding hydrogens is 230 g/mol. The van der Waals surface area contributed by atoms with E-state index >= 15 is 0 Å². The summed E-state index contributed by atoms with van der Waals surface area (Å²) in [6.45, 7) is 6.54. The van der Waals surface area contributed by atoms with Gasteiger partial charge < -0.3 is 9.67 Å². The van der Waals surface area contributed by atoms with Crippen LogP contribution in [0.1, 0.15) is 32.5 Å². The predicted octanol–water partition coefficient (Wildman–Crippen LogP) is 1.59. The third kappa shape index (κ3) is 2.72. The van der Waals surface area contributed by atoms with Gasteiger partial charge in [-0.1, -0.05) is 6.92 Å². The Morgan fingerprint density at radius 1 is 1.61 bits per heavy atom. The van der Waals surface area contributed by atoms with Gasteiger partial charge in [-0.3, -0.25) is 9.69 Å². The monoisotopic (exact) mass is 251 g/mol. The number of hydrogen-bond donors (Lipinski definition) is 1. The van der Waals surface area contributed by atoms with Gasteiger partial charge in [0.25, 0.3) is 0 Å². The van der Waals surface area contributed by atoms with E-state index in [1.54, 1.807) is 6.20 Å². The fourth-order valence-corrected chi connectivity index (χ4v) is 2.60. The average Bonchev–Trinajstić information content (AvgIpc) is 2.78. The number of imidazole rings is 1. The lowest BCUT2D eigenvalue weighted by Gasteiger charge is -2.35. The van der Waals surface area contributed by atoms with E-state index in [1.807, 2.05) is 11.1 Å². The third-order valence-corrected chi connectivity index (χ3v) is 3.75. The highest BCUT2D eigenvalue weighted by Gasteiger charge is 2.32. The second kappa shape index (κ2) is 5.52. The zero-order valence-corrected chi connectivity index (χ0v) is 11.0. The summed E-state index contributed by atoms with van der Waals surface area (Å²) in [6.07, 6.45) is 5.53. The lowest BCUT2D eigenvalue weighted by Crippen LogP contribution is -2.46. The molecule has 2 atom stereocenters. The van der Waals surface area contributed by atoms with Crippen LogP contribution in [-0.4, -0.2) is 38.1 Å². The van der Waals surface area contributed by atoms with E-state index in [0.717, 1.165) is 31.8 Å². The number of nitrogens with zero attached hydrogens (tertiary/aromatic N) is 3. The molecule has 5 heteroatoms. The number of carboxylic acid groups (broad SMARTS) is 1. The van der Waals surface area contributed by atoms with Gasteiger partial charge in [-0.15, -0.1) is 0 Å². The minimum atomic E-state index is -0.712. The van der Waals surface area contributed by atoms with Crippen molar-refractivity contribution in [1.29, 1.82) is 0 Å². The van der Waals surface area contributed by atoms with E-state index in [-0.39, 0.29) is 6.04 Å². The van der Waals surface area contributed by atoms with Gasteiger partial charge in [0.2, 0.25) is 0 Å². The van der Waals surface area contributed by atoms with Crippen molar-refractivity contribution in [1.82, 2.24) is 14.5 Å².